The molecule has 2 atom stereocenters. The quantitative estimate of drug-likeness (QED) is 0.450. The summed E-state index contributed by atoms with van der Waals surface area (Å²) in [6, 6.07) is 5.25. The van der Waals surface area contributed by atoms with E-state index in [-0.39, 0.29) is 28.2 Å². The second-order valence-corrected chi connectivity index (χ2v) is 10.0. The van der Waals surface area contributed by atoms with Crippen molar-refractivity contribution in [3.8, 4) is 5.88 Å². The fourth-order valence-corrected chi connectivity index (χ4v) is 5.37. The average Bonchev–Trinajstić information content (AvgIpc) is 3.05. The van der Waals surface area contributed by atoms with Gasteiger partial charge in [0.15, 0.2) is 16.8 Å². The zero-order chi connectivity index (χ0) is 22.0. The van der Waals surface area contributed by atoms with Crippen molar-refractivity contribution in [3.63, 3.8) is 0 Å². The third-order valence-electron chi connectivity index (χ3n) is 5.15. The van der Waals surface area contributed by atoms with E-state index in [2.05, 4.69) is 14.7 Å². The molecule has 168 valence electrons. The summed E-state index contributed by atoms with van der Waals surface area (Å²) in [6.45, 7) is 0.858. The molecular weight excluding hydrogens is 450 g/mol. The van der Waals surface area contributed by atoms with E-state index in [1.54, 1.807) is 0 Å². The summed E-state index contributed by atoms with van der Waals surface area (Å²) in [4.78, 5) is 8.46. The maximum absolute atomic E-state index is 14.0. The number of aromatic nitrogens is 2. The van der Waals surface area contributed by atoms with Gasteiger partial charge in [-0.2, -0.15) is 17.7 Å². The number of nitrogens with one attached hydrogen (secondary N) is 1. The highest BCUT2D eigenvalue weighted by atomic mass is 32.2. The Morgan fingerprint density at radius 3 is 2.71 bits per heavy atom. The minimum atomic E-state index is -3.76. The maximum atomic E-state index is 14.0. The number of hydrogen-bond donors (Lipinski definition) is 2. The van der Waals surface area contributed by atoms with Crippen molar-refractivity contribution >= 4 is 27.8 Å². The SMILES string of the molecule is O=S(=O)(Nc1cc(O[C@H]2CCC[C@@H]2O)nc(SCc2cccc(F)c2F)n1)N1CCC1. The predicted octanol–water partition coefficient (Wildman–Crippen LogP) is 2.70. The predicted molar refractivity (Wildman–Crippen MR) is 111 cm³/mol. The van der Waals surface area contributed by atoms with Gasteiger partial charge in [-0.15, -0.1) is 0 Å². The number of halogens is 2. The van der Waals surface area contributed by atoms with Crippen LogP contribution >= 0.6 is 11.8 Å². The first-order chi connectivity index (χ1) is 14.8. The minimum absolute atomic E-state index is 0.00611. The molecule has 1 saturated carbocycles. The van der Waals surface area contributed by atoms with Gasteiger partial charge in [-0.3, -0.25) is 4.72 Å². The largest absolute Gasteiger partial charge is 0.471 e. The van der Waals surface area contributed by atoms with Crippen LogP contribution in [0, 0.1) is 11.6 Å². The number of anilines is 1. The molecule has 1 aromatic heterocycles. The Morgan fingerprint density at radius 1 is 1.23 bits per heavy atom. The van der Waals surface area contributed by atoms with Gasteiger partial charge in [-0.25, -0.2) is 13.8 Å². The Hall–Kier alpha value is -2.02. The summed E-state index contributed by atoms with van der Waals surface area (Å²) in [5.74, 6) is -1.75. The molecule has 0 radical (unpaired) electrons. The molecule has 12 heteroatoms. The molecule has 2 heterocycles. The summed E-state index contributed by atoms with van der Waals surface area (Å²) in [5, 5.41) is 10.2. The number of aliphatic hydroxyl groups is 1. The lowest BCUT2D eigenvalue weighted by Crippen LogP contribution is -2.45. The van der Waals surface area contributed by atoms with Crippen LogP contribution in [-0.2, 0) is 16.0 Å². The average molecular weight is 473 g/mol. The lowest BCUT2D eigenvalue weighted by molar-refractivity contribution is 0.0569. The van der Waals surface area contributed by atoms with Gasteiger partial charge in [0.1, 0.15) is 11.9 Å². The van der Waals surface area contributed by atoms with Crippen molar-refractivity contribution in [1.29, 1.82) is 0 Å². The highest BCUT2D eigenvalue weighted by Crippen LogP contribution is 2.29. The van der Waals surface area contributed by atoms with E-state index in [9.17, 15) is 22.3 Å². The van der Waals surface area contributed by atoms with Crippen LogP contribution in [0.3, 0.4) is 0 Å². The molecular formula is C19H22F2N4O4S2. The molecule has 2 fully saturated rings. The van der Waals surface area contributed by atoms with Gasteiger partial charge >= 0.3 is 10.2 Å². The van der Waals surface area contributed by atoms with Gasteiger partial charge in [-0.05, 0) is 31.7 Å². The third kappa shape index (κ3) is 5.25. The van der Waals surface area contributed by atoms with E-state index in [0.29, 0.717) is 25.9 Å². The van der Waals surface area contributed by atoms with Crippen LogP contribution in [0.1, 0.15) is 31.2 Å². The van der Waals surface area contributed by atoms with Gasteiger partial charge < -0.3 is 9.84 Å². The van der Waals surface area contributed by atoms with Crippen molar-refractivity contribution in [2.75, 3.05) is 17.8 Å². The number of nitrogens with zero attached hydrogens (tertiary/aromatic N) is 3. The summed E-state index contributed by atoms with van der Waals surface area (Å²) in [5.41, 5.74) is 0.133. The lowest BCUT2D eigenvalue weighted by Gasteiger charge is -2.29. The Bertz CT molecular complexity index is 1050. The summed E-state index contributed by atoms with van der Waals surface area (Å²) in [7, 11) is -3.76. The lowest BCUT2D eigenvalue weighted by atomic mass is 10.2. The zero-order valence-electron chi connectivity index (χ0n) is 16.5. The highest BCUT2D eigenvalue weighted by molar-refractivity contribution is 7.98. The fraction of sp³-hybridized carbons (Fsp3) is 0.474. The van der Waals surface area contributed by atoms with Crippen LogP contribution < -0.4 is 9.46 Å². The second-order valence-electron chi connectivity index (χ2n) is 7.39. The van der Waals surface area contributed by atoms with E-state index in [1.165, 1.54) is 22.5 Å². The van der Waals surface area contributed by atoms with Gasteiger partial charge in [0.05, 0.1) is 6.10 Å². The smallest absolute Gasteiger partial charge is 0.302 e. The molecule has 0 amide bonds. The molecule has 2 aromatic rings. The van der Waals surface area contributed by atoms with Crippen molar-refractivity contribution in [3.05, 3.63) is 41.5 Å². The van der Waals surface area contributed by atoms with E-state index in [0.717, 1.165) is 30.7 Å². The highest BCUT2D eigenvalue weighted by Gasteiger charge is 2.30. The molecule has 2 aliphatic rings. The van der Waals surface area contributed by atoms with Gasteiger partial charge in [0, 0.05) is 30.5 Å². The summed E-state index contributed by atoms with van der Waals surface area (Å²) < 4.78 is 61.8. The molecule has 1 saturated heterocycles. The molecule has 1 aliphatic heterocycles. The first kappa shape index (κ1) is 22.2. The Morgan fingerprint density at radius 2 is 2.03 bits per heavy atom. The third-order valence-corrected chi connectivity index (χ3v) is 7.56. The number of ether oxygens (including phenoxy) is 1. The molecule has 2 N–H and O–H groups in total. The first-order valence-electron chi connectivity index (χ1n) is 9.89. The van der Waals surface area contributed by atoms with Crippen LogP contribution in [0.5, 0.6) is 5.88 Å². The van der Waals surface area contributed by atoms with Crippen molar-refractivity contribution in [2.24, 2.45) is 0 Å². The monoisotopic (exact) mass is 472 g/mol. The number of rotatable bonds is 8. The Kier molecular flexibility index (Phi) is 6.60. The van der Waals surface area contributed by atoms with Crippen LogP contribution in [0.25, 0.3) is 0 Å². The Balaban J connectivity index is 1.56. The fourth-order valence-electron chi connectivity index (χ4n) is 3.31. The van der Waals surface area contributed by atoms with Crippen molar-refractivity contribution in [2.45, 2.75) is 48.8 Å². The number of hydrogen-bond acceptors (Lipinski definition) is 7. The summed E-state index contributed by atoms with van der Waals surface area (Å²) in [6.07, 6.45) is 1.79. The van der Waals surface area contributed by atoms with Gasteiger partial charge in [0.2, 0.25) is 5.88 Å². The normalized spacial score (nSPS) is 21.6. The number of aliphatic hydroxyl groups excluding tert-OH is 1. The van der Waals surface area contributed by atoms with E-state index in [4.69, 9.17) is 4.74 Å². The van der Waals surface area contributed by atoms with Crippen molar-refractivity contribution in [1.82, 2.24) is 14.3 Å². The molecule has 1 aliphatic carbocycles. The van der Waals surface area contributed by atoms with Crippen LogP contribution in [0.4, 0.5) is 14.6 Å². The van der Waals surface area contributed by atoms with Crippen LogP contribution in [0.15, 0.2) is 29.4 Å². The molecule has 1 aromatic carbocycles. The molecule has 0 unspecified atom stereocenters. The Labute approximate surface area is 183 Å². The maximum Gasteiger partial charge on any atom is 0.302 e. The van der Waals surface area contributed by atoms with Crippen LogP contribution in [0.2, 0.25) is 0 Å². The first-order valence-corrected chi connectivity index (χ1v) is 12.3. The number of benzene rings is 1. The van der Waals surface area contributed by atoms with Gasteiger partial charge in [0.25, 0.3) is 0 Å². The van der Waals surface area contributed by atoms with Crippen LogP contribution in [-0.4, -0.2) is 53.1 Å². The molecule has 8 nitrogen and oxygen atoms in total. The minimum Gasteiger partial charge on any atom is -0.471 e. The zero-order valence-corrected chi connectivity index (χ0v) is 18.1. The molecule has 0 spiro atoms. The molecule has 0 bridgehead atoms. The van der Waals surface area contributed by atoms with E-state index < -0.39 is 34.1 Å². The topological polar surface area (TPSA) is 105 Å². The standard InChI is InChI=1S/C19H22F2N4O4S2/c20-13-5-1-4-12(18(13)21)11-30-19-22-16(24-31(27,28)25-8-3-9-25)10-17(23-19)29-15-7-2-6-14(15)26/h1,4-5,10,14-15,26H,2-3,6-9,11H2,(H,22,23,24)/t14-,15-/m0/s1. The number of thioether (sulfide) groups is 1. The van der Waals surface area contributed by atoms with Crippen molar-refractivity contribution < 1.29 is 27.0 Å². The van der Waals surface area contributed by atoms with Gasteiger partial charge in [-0.1, -0.05) is 23.9 Å². The summed E-state index contributed by atoms with van der Waals surface area (Å²) >= 11 is 1.02. The molecule has 31 heavy (non-hydrogen) atoms. The molecule has 4 rings (SSSR count). The van der Waals surface area contributed by atoms with E-state index >= 15 is 0 Å². The second kappa shape index (κ2) is 9.23. The van der Waals surface area contributed by atoms with E-state index in [1.807, 2.05) is 0 Å².